The first-order valence-corrected chi connectivity index (χ1v) is 8.58. The normalized spacial score (nSPS) is 12.1. The minimum absolute atomic E-state index is 0.0944. The molecular weight excluding hydrogens is 390 g/mol. The Balaban J connectivity index is 2.19. The fraction of sp³-hybridized carbons (Fsp3) is 0.500. The lowest BCUT2D eigenvalue weighted by atomic mass is 10.1. The molecule has 0 aromatic carbocycles. The van der Waals surface area contributed by atoms with Gasteiger partial charge in [-0.2, -0.15) is 10.2 Å². The van der Waals surface area contributed by atoms with Gasteiger partial charge in [0, 0.05) is 12.7 Å². The Morgan fingerprint density at radius 2 is 1.88 bits per heavy atom. The molecule has 1 atom stereocenters. The molecule has 2 heterocycles. The van der Waals surface area contributed by atoms with Crippen LogP contribution in [0.5, 0.6) is 0 Å². The topological polar surface area (TPSA) is 91.0 Å². The summed E-state index contributed by atoms with van der Waals surface area (Å²) in [6.45, 7) is 7.85. The van der Waals surface area contributed by atoms with Crippen LogP contribution in [0.1, 0.15) is 34.5 Å². The van der Waals surface area contributed by atoms with E-state index in [9.17, 15) is 9.59 Å². The van der Waals surface area contributed by atoms with Crippen LogP contribution in [0.15, 0.2) is 4.47 Å². The van der Waals surface area contributed by atoms with Crippen molar-refractivity contribution in [3.63, 3.8) is 0 Å². The van der Waals surface area contributed by atoms with Gasteiger partial charge < -0.3 is 10.1 Å². The van der Waals surface area contributed by atoms with E-state index in [-0.39, 0.29) is 17.5 Å². The average Bonchev–Trinajstić information content (AvgIpc) is 2.99. The number of nitrogens with zero attached hydrogens (tertiary/aromatic N) is 4. The third-order valence-electron chi connectivity index (χ3n) is 4.15. The molecule has 1 unspecified atom stereocenters. The molecule has 0 saturated carbocycles. The minimum Gasteiger partial charge on any atom is -0.464 e. The van der Waals surface area contributed by atoms with Crippen LogP contribution in [-0.2, 0) is 23.1 Å². The second kappa shape index (κ2) is 7.38. The van der Waals surface area contributed by atoms with E-state index < -0.39 is 5.97 Å². The summed E-state index contributed by atoms with van der Waals surface area (Å²) in [7, 11) is 2.98. The van der Waals surface area contributed by atoms with Crippen LogP contribution in [0.3, 0.4) is 0 Å². The molecule has 0 saturated heterocycles. The summed E-state index contributed by atoms with van der Waals surface area (Å²) in [4.78, 5) is 24.4. The highest BCUT2D eigenvalue weighted by Crippen LogP contribution is 2.23. The van der Waals surface area contributed by atoms with Crippen molar-refractivity contribution in [1.29, 1.82) is 0 Å². The van der Waals surface area contributed by atoms with E-state index in [4.69, 9.17) is 4.74 Å². The smallest absolute Gasteiger partial charge is 0.360 e. The van der Waals surface area contributed by atoms with Gasteiger partial charge in [0.1, 0.15) is 0 Å². The Labute approximate surface area is 154 Å². The van der Waals surface area contributed by atoms with Crippen LogP contribution in [0.25, 0.3) is 0 Å². The lowest BCUT2D eigenvalue weighted by molar-refractivity contribution is -0.119. The maximum Gasteiger partial charge on any atom is 0.360 e. The van der Waals surface area contributed by atoms with E-state index in [2.05, 4.69) is 31.4 Å². The molecule has 2 aromatic rings. The monoisotopic (exact) mass is 411 g/mol. The third-order valence-corrected chi connectivity index (χ3v) is 5.30. The zero-order valence-corrected chi connectivity index (χ0v) is 16.8. The summed E-state index contributed by atoms with van der Waals surface area (Å²) < 4.78 is 9.00. The number of hydrogen-bond acceptors (Lipinski definition) is 5. The number of methoxy groups -OCH3 is 1. The summed E-state index contributed by atoms with van der Waals surface area (Å²) in [5, 5.41) is 11.3. The Bertz CT molecular complexity index is 824. The Kier molecular flexibility index (Phi) is 5.66. The van der Waals surface area contributed by atoms with Gasteiger partial charge in [-0.15, -0.1) is 0 Å². The molecule has 2 aromatic heterocycles. The molecule has 1 amide bonds. The zero-order valence-electron chi connectivity index (χ0n) is 15.2. The molecule has 25 heavy (non-hydrogen) atoms. The molecule has 0 bridgehead atoms. The van der Waals surface area contributed by atoms with Crippen molar-refractivity contribution in [2.24, 2.45) is 13.0 Å². The van der Waals surface area contributed by atoms with Gasteiger partial charge in [-0.05, 0) is 36.7 Å². The summed E-state index contributed by atoms with van der Waals surface area (Å²) in [5.41, 5.74) is 2.98. The molecule has 8 nitrogen and oxygen atoms in total. The average molecular weight is 412 g/mol. The molecular formula is C16H22BrN5O3. The van der Waals surface area contributed by atoms with Crippen molar-refractivity contribution in [2.75, 3.05) is 12.4 Å². The molecule has 0 aliphatic rings. The number of esters is 1. The van der Waals surface area contributed by atoms with Gasteiger partial charge >= 0.3 is 5.97 Å². The SMILES string of the molecule is COC(=O)c1nn(C)c(C)c1NC(=O)C(C)Cn1nc(C)c(Br)c1C. The van der Waals surface area contributed by atoms with Crippen molar-refractivity contribution in [1.82, 2.24) is 19.6 Å². The van der Waals surface area contributed by atoms with Crippen molar-refractivity contribution in [3.8, 4) is 0 Å². The molecule has 0 aliphatic heterocycles. The van der Waals surface area contributed by atoms with E-state index in [1.165, 1.54) is 11.8 Å². The summed E-state index contributed by atoms with van der Waals surface area (Å²) >= 11 is 3.48. The Morgan fingerprint density at radius 1 is 1.24 bits per heavy atom. The molecule has 0 radical (unpaired) electrons. The predicted molar refractivity (Wildman–Crippen MR) is 96.5 cm³/mol. The number of anilines is 1. The Morgan fingerprint density at radius 3 is 2.40 bits per heavy atom. The first-order chi connectivity index (χ1) is 11.7. The molecule has 1 N–H and O–H groups in total. The number of amides is 1. The molecule has 9 heteroatoms. The second-order valence-corrected chi connectivity index (χ2v) is 6.77. The zero-order chi connectivity index (χ0) is 18.9. The maximum absolute atomic E-state index is 12.6. The maximum atomic E-state index is 12.6. The fourth-order valence-electron chi connectivity index (χ4n) is 2.44. The van der Waals surface area contributed by atoms with Crippen LogP contribution in [0.4, 0.5) is 5.69 Å². The van der Waals surface area contributed by atoms with Crippen molar-refractivity contribution < 1.29 is 14.3 Å². The van der Waals surface area contributed by atoms with Gasteiger partial charge in [0.25, 0.3) is 0 Å². The van der Waals surface area contributed by atoms with Gasteiger partial charge in [-0.1, -0.05) is 6.92 Å². The van der Waals surface area contributed by atoms with Crippen LogP contribution in [0, 0.1) is 26.7 Å². The number of halogens is 1. The minimum atomic E-state index is -0.589. The lowest BCUT2D eigenvalue weighted by Crippen LogP contribution is -2.26. The van der Waals surface area contributed by atoms with Gasteiger partial charge in [-0.25, -0.2) is 4.79 Å². The third kappa shape index (κ3) is 3.76. The number of ether oxygens (including phenoxy) is 1. The quantitative estimate of drug-likeness (QED) is 0.762. The molecule has 136 valence electrons. The molecule has 2 rings (SSSR count). The standard InChI is InChI=1S/C16H22BrN5O3/c1-8(7-22-10(3)12(17)9(2)19-22)15(23)18-13-11(4)21(5)20-14(13)16(24)25-6/h8H,7H2,1-6H3,(H,18,23). The highest BCUT2D eigenvalue weighted by molar-refractivity contribution is 9.10. The number of rotatable bonds is 5. The highest BCUT2D eigenvalue weighted by atomic mass is 79.9. The second-order valence-electron chi connectivity index (χ2n) is 5.98. The predicted octanol–water partition coefficient (Wildman–Crippen LogP) is 2.37. The molecule has 0 aliphatic carbocycles. The highest BCUT2D eigenvalue weighted by Gasteiger charge is 2.24. The van der Waals surface area contributed by atoms with Crippen molar-refractivity contribution in [3.05, 3.63) is 27.2 Å². The summed E-state index contributed by atoms with van der Waals surface area (Å²) in [5.74, 6) is -1.16. The van der Waals surface area contributed by atoms with E-state index >= 15 is 0 Å². The van der Waals surface area contributed by atoms with Crippen LogP contribution in [0.2, 0.25) is 0 Å². The van der Waals surface area contributed by atoms with E-state index in [1.54, 1.807) is 18.7 Å². The van der Waals surface area contributed by atoms with E-state index in [0.29, 0.717) is 17.9 Å². The van der Waals surface area contributed by atoms with E-state index in [0.717, 1.165) is 15.9 Å². The lowest BCUT2D eigenvalue weighted by Gasteiger charge is -2.14. The van der Waals surface area contributed by atoms with Gasteiger partial charge in [0.2, 0.25) is 5.91 Å². The summed E-state index contributed by atoms with van der Waals surface area (Å²) in [6, 6.07) is 0. The number of hydrogen-bond donors (Lipinski definition) is 1. The van der Waals surface area contributed by atoms with Crippen LogP contribution >= 0.6 is 15.9 Å². The first kappa shape index (κ1) is 19.2. The number of aryl methyl sites for hydroxylation is 2. The van der Waals surface area contributed by atoms with Gasteiger partial charge in [-0.3, -0.25) is 14.2 Å². The van der Waals surface area contributed by atoms with Gasteiger partial charge in [0.05, 0.1) is 41.1 Å². The fourth-order valence-corrected chi connectivity index (χ4v) is 2.72. The van der Waals surface area contributed by atoms with E-state index in [1.807, 2.05) is 20.8 Å². The number of nitrogens with one attached hydrogen (secondary N) is 1. The van der Waals surface area contributed by atoms with Crippen LogP contribution in [-0.4, -0.2) is 38.5 Å². The van der Waals surface area contributed by atoms with Crippen molar-refractivity contribution >= 4 is 33.5 Å². The first-order valence-electron chi connectivity index (χ1n) is 7.79. The molecule has 0 spiro atoms. The summed E-state index contributed by atoms with van der Waals surface area (Å²) in [6.07, 6.45) is 0. The van der Waals surface area contributed by atoms with Crippen molar-refractivity contribution in [2.45, 2.75) is 34.2 Å². The number of aromatic nitrogens is 4. The number of carbonyl (C=O) groups excluding carboxylic acids is 2. The Hall–Kier alpha value is -2.16. The molecule has 0 fully saturated rings. The number of carbonyl (C=O) groups is 2. The largest absolute Gasteiger partial charge is 0.464 e. The van der Waals surface area contributed by atoms with Crippen LogP contribution < -0.4 is 5.32 Å². The van der Waals surface area contributed by atoms with Gasteiger partial charge in [0.15, 0.2) is 5.69 Å².